The number of anilines is 1. The highest BCUT2D eigenvalue weighted by atomic mass is 35.5. The van der Waals surface area contributed by atoms with Crippen molar-refractivity contribution < 1.29 is 23.9 Å². The number of amides is 3. The minimum atomic E-state index is -0.988. The predicted molar refractivity (Wildman–Crippen MR) is 154 cm³/mol. The Balaban J connectivity index is 1.39. The second-order valence-electron chi connectivity index (χ2n) is 9.04. The zero-order valence-electron chi connectivity index (χ0n) is 21.9. The lowest BCUT2D eigenvalue weighted by molar-refractivity contribution is -0.146. The number of aryl methyl sites for hydroxylation is 1. The number of tetrazole rings is 1. The summed E-state index contributed by atoms with van der Waals surface area (Å²) in [6, 6.07) is 9.83. The van der Waals surface area contributed by atoms with E-state index in [0.717, 1.165) is 0 Å². The van der Waals surface area contributed by atoms with Crippen LogP contribution in [0.1, 0.15) is 28.2 Å². The molecule has 1 fully saturated rings. The number of aromatic nitrogens is 4. The lowest BCUT2D eigenvalue weighted by atomic mass is 10.0. The number of halogens is 2. The van der Waals surface area contributed by atoms with Crippen molar-refractivity contribution >= 4 is 64.3 Å². The third kappa shape index (κ3) is 7.96. The molecular weight excluding hydrogens is 593 g/mol. The van der Waals surface area contributed by atoms with Crippen LogP contribution in [0.3, 0.4) is 0 Å². The fourth-order valence-electron chi connectivity index (χ4n) is 4.24. The lowest BCUT2D eigenvalue weighted by Gasteiger charge is -2.35. The van der Waals surface area contributed by atoms with Crippen LogP contribution >= 0.6 is 35.0 Å². The third-order valence-corrected chi connectivity index (χ3v) is 8.00. The number of benzene rings is 2. The Kier molecular flexibility index (Phi) is 10.6. The molecule has 2 aromatic carbocycles. The molecule has 3 amide bonds. The summed E-state index contributed by atoms with van der Waals surface area (Å²) in [7, 11) is 1.24. The predicted octanol–water partition coefficient (Wildman–Crippen LogP) is 2.54. The van der Waals surface area contributed by atoms with Crippen LogP contribution < -0.4 is 10.6 Å². The summed E-state index contributed by atoms with van der Waals surface area (Å²) in [5.74, 6) is -0.227. The van der Waals surface area contributed by atoms with E-state index in [0.29, 0.717) is 41.5 Å². The van der Waals surface area contributed by atoms with Crippen LogP contribution in [0.25, 0.3) is 0 Å². The SMILES string of the molecule is COC(=O)C(Cc1ccc(NC(=O)c2c(Cl)cccc2Cl)cc1)NC(=O)[C@@H]1CSCCN1C(=O)CCc1nn[nH]n1. The van der Waals surface area contributed by atoms with Gasteiger partial charge in [-0.3, -0.25) is 14.4 Å². The molecule has 0 aliphatic carbocycles. The molecule has 1 aliphatic heterocycles. The Bertz CT molecular complexity index is 1370. The van der Waals surface area contributed by atoms with E-state index in [9.17, 15) is 19.2 Å². The quantitative estimate of drug-likeness (QED) is 0.290. The molecule has 1 saturated heterocycles. The van der Waals surface area contributed by atoms with Gasteiger partial charge in [-0.2, -0.15) is 17.0 Å². The van der Waals surface area contributed by atoms with Crippen LogP contribution in [0, 0.1) is 0 Å². The first-order chi connectivity index (χ1) is 19.8. The van der Waals surface area contributed by atoms with E-state index in [2.05, 4.69) is 31.3 Å². The van der Waals surface area contributed by atoms with Crippen LogP contribution in [-0.4, -0.2) is 86.5 Å². The van der Waals surface area contributed by atoms with Crippen molar-refractivity contribution in [2.24, 2.45) is 0 Å². The number of nitrogens with zero attached hydrogens (tertiary/aromatic N) is 4. The molecule has 2 atom stereocenters. The van der Waals surface area contributed by atoms with Crippen molar-refractivity contribution in [1.29, 1.82) is 0 Å². The minimum absolute atomic E-state index is 0.125. The van der Waals surface area contributed by atoms with Crippen LogP contribution in [0.2, 0.25) is 10.0 Å². The van der Waals surface area contributed by atoms with Crippen molar-refractivity contribution in [3.8, 4) is 0 Å². The Morgan fingerprint density at radius 2 is 1.88 bits per heavy atom. The molecule has 3 aromatic rings. The van der Waals surface area contributed by atoms with Crippen molar-refractivity contribution in [3.63, 3.8) is 0 Å². The molecule has 0 radical (unpaired) electrons. The highest BCUT2D eigenvalue weighted by Crippen LogP contribution is 2.25. The summed E-state index contributed by atoms with van der Waals surface area (Å²) in [5, 5.41) is 19.5. The molecule has 12 nitrogen and oxygen atoms in total. The number of H-pyrrole nitrogens is 1. The van der Waals surface area contributed by atoms with E-state index < -0.39 is 29.9 Å². The average Bonchev–Trinajstić information content (AvgIpc) is 3.50. The fourth-order valence-corrected chi connectivity index (χ4v) is 5.86. The second-order valence-corrected chi connectivity index (χ2v) is 11.0. The van der Waals surface area contributed by atoms with Gasteiger partial charge in [0.1, 0.15) is 12.1 Å². The maximum Gasteiger partial charge on any atom is 0.328 e. The molecule has 216 valence electrons. The highest BCUT2D eigenvalue weighted by Gasteiger charge is 2.34. The van der Waals surface area contributed by atoms with Crippen LogP contribution in [0.4, 0.5) is 5.69 Å². The van der Waals surface area contributed by atoms with Gasteiger partial charge in [0.05, 0.1) is 22.7 Å². The first kappa shape index (κ1) is 30.3. The van der Waals surface area contributed by atoms with Gasteiger partial charge >= 0.3 is 5.97 Å². The Morgan fingerprint density at radius 3 is 2.54 bits per heavy atom. The number of hydrogen-bond donors (Lipinski definition) is 3. The van der Waals surface area contributed by atoms with Gasteiger partial charge in [-0.05, 0) is 29.8 Å². The minimum Gasteiger partial charge on any atom is -0.467 e. The summed E-state index contributed by atoms with van der Waals surface area (Å²) in [6.07, 6.45) is 0.550. The van der Waals surface area contributed by atoms with Gasteiger partial charge in [-0.15, -0.1) is 10.2 Å². The smallest absolute Gasteiger partial charge is 0.328 e. The van der Waals surface area contributed by atoms with Crippen LogP contribution in [0.5, 0.6) is 0 Å². The number of carbonyl (C=O) groups is 4. The zero-order valence-corrected chi connectivity index (χ0v) is 24.3. The summed E-state index contributed by atoms with van der Waals surface area (Å²) >= 11 is 13.8. The molecule has 15 heteroatoms. The van der Waals surface area contributed by atoms with Crippen molar-refractivity contribution in [1.82, 2.24) is 30.8 Å². The van der Waals surface area contributed by atoms with Gasteiger partial charge in [0.2, 0.25) is 11.8 Å². The molecule has 0 saturated carbocycles. The summed E-state index contributed by atoms with van der Waals surface area (Å²) < 4.78 is 4.93. The molecule has 2 heterocycles. The maximum absolute atomic E-state index is 13.3. The van der Waals surface area contributed by atoms with Gasteiger partial charge in [-0.25, -0.2) is 4.79 Å². The van der Waals surface area contributed by atoms with E-state index >= 15 is 0 Å². The number of hydrogen-bond acceptors (Lipinski definition) is 9. The van der Waals surface area contributed by atoms with Crippen molar-refractivity contribution in [2.75, 3.05) is 30.5 Å². The van der Waals surface area contributed by atoms with E-state index in [1.165, 1.54) is 12.0 Å². The third-order valence-electron chi connectivity index (χ3n) is 6.35. The summed E-state index contributed by atoms with van der Waals surface area (Å²) in [5.41, 5.74) is 1.36. The average molecular weight is 621 g/mol. The number of methoxy groups -OCH3 is 1. The summed E-state index contributed by atoms with van der Waals surface area (Å²) in [6.45, 7) is 0.406. The Morgan fingerprint density at radius 1 is 1.15 bits per heavy atom. The monoisotopic (exact) mass is 619 g/mol. The number of thioether (sulfide) groups is 1. The van der Waals surface area contributed by atoms with E-state index in [-0.39, 0.29) is 34.4 Å². The van der Waals surface area contributed by atoms with Crippen molar-refractivity contribution in [3.05, 3.63) is 69.5 Å². The first-order valence-electron chi connectivity index (χ1n) is 12.6. The van der Waals surface area contributed by atoms with E-state index in [1.807, 2.05) is 0 Å². The molecule has 0 bridgehead atoms. The number of esters is 1. The molecule has 1 aromatic heterocycles. The molecule has 1 unspecified atom stereocenters. The van der Waals surface area contributed by atoms with Gasteiger partial charge in [-0.1, -0.05) is 46.6 Å². The molecular formula is C26H27Cl2N7O5S. The largest absolute Gasteiger partial charge is 0.467 e. The lowest BCUT2D eigenvalue weighted by Crippen LogP contribution is -2.57. The molecule has 3 N–H and O–H groups in total. The second kappa shape index (κ2) is 14.3. The van der Waals surface area contributed by atoms with E-state index in [4.69, 9.17) is 27.9 Å². The molecule has 4 rings (SSSR count). The molecule has 41 heavy (non-hydrogen) atoms. The maximum atomic E-state index is 13.3. The fraction of sp³-hybridized carbons (Fsp3) is 0.346. The normalized spacial score (nSPS) is 15.6. The number of ether oxygens (including phenoxy) is 1. The standard InChI is InChI=1S/C26H27Cl2N7O5S/c1-40-26(39)19(13-15-5-7-16(8-6-15)29-25(38)23-17(27)3-2-4-18(23)28)30-24(37)20-14-41-12-11-35(20)22(36)10-9-21-31-33-34-32-21/h2-8,19-20H,9-14H2,1H3,(H,29,38)(H,30,37)(H,31,32,33,34)/t19?,20-/m0/s1. The summed E-state index contributed by atoms with van der Waals surface area (Å²) in [4.78, 5) is 53.0. The topological polar surface area (TPSA) is 159 Å². The number of nitrogens with one attached hydrogen (secondary N) is 3. The number of rotatable bonds is 10. The van der Waals surface area contributed by atoms with Gasteiger partial charge in [0.25, 0.3) is 5.91 Å². The number of aromatic amines is 1. The Hall–Kier alpha value is -3.68. The van der Waals surface area contributed by atoms with Crippen molar-refractivity contribution in [2.45, 2.75) is 31.3 Å². The van der Waals surface area contributed by atoms with Gasteiger partial charge in [0, 0.05) is 43.0 Å². The molecule has 1 aliphatic rings. The van der Waals surface area contributed by atoms with Gasteiger partial charge in [0.15, 0.2) is 5.82 Å². The van der Waals surface area contributed by atoms with E-state index in [1.54, 1.807) is 54.2 Å². The number of carbonyl (C=O) groups excluding carboxylic acids is 4. The first-order valence-corrected chi connectivity index (χ1v) is 14.5. The van der Waals surface area contributed by atoms with Crippen LogP contribution in [-0.2, 0) is 32.0 Å². The van der Waals surface area contributed by atoms with Crippen LogP contribution in [0.15, 0.2) is 42.5 Å². The Labute approximate surface area is 249 Å². The zero-order chi connectivity index (χ0) is 29.4. The van der Waals surface area contributed by atoms with Gasteiger partial charge < -0.3 is 20.3 Å². The highest BCUT2D eigenvalue weighted by molar-refractivity contribution is 7.99. The molecule has 0 spiro atoms.